The molecule has 94 valence electrons. The first-order chi connectivity index (χ1) is 8.16. The van der Waals surface area contributed by atoms with Gasteiger partial charge in [-0.1, -0.05) is 30.3 Å². The average Bonchev–Trinajstić information content (AvgIpc) is 2.33. The first-order valence-electron chi connectivity index (χ1n) is 5.84. The van der Waals surface area contributed by atoms with Gasteiger partial charge in [-0.25, -0.2) is 0 Å². The van der Waals surface area contributed by atoms with E-state index in [0.717, 1.165) is 5.56 Å². The van der Waals surface area contributed by atoms with E-state index in [1.807, 2.05) is 30.3 Å². The first kappa shape index (κ1) is 12.5. The highest BCUT2D eigenvalue weighted by Gasteiger charge is 2.34. The van der Waals surface area contributed by atoms with E-state index >= 15 is 0 Å². The van der Waals surface area contributed by atoms with Crippen molar-refractivity contribution in [2.45, 2.75) is 44.6 Å². The molecule has 1 saturated heterocycles. The Balaban J connectivity index is 1.87. The van der Waals surface area contributed by atoms with E-state index in [2.05, 4.69) is 0 Å². The first-order valence-corrected chi connectivity index (χ1v) is 5.84. The Labute approximate surface area is 101 Å². The van der Waals surface area contributed by atoms with Gasteiger partial charge < -0.3 is 19.7 Å². The van der Waals surface area contributed by atoms with Gasteiger partial charge in [0.15, 0.2) is 6.29 Å². The van der Waals surface area contributed by atoms with Crippen molar-refractivity contribution in [3.63, 3.8) is 0 Å². The van der Waals surface area contributed by atoms with Gasteiger partial charge in [-0.15, -0.1) is 0 Å². The van der Waals surface area contributed by atoms with E-state index in [4.69, 9.17) is 9.47 Å². The van der Waals surface area contributed by atoms with Gasteiger partial charge in [-0.2, -0.15) is 0 Å². The lowest BCUT2D eigenvalue weighted by Gasteiger charge is -2.35. The van der Waals surface area contributed by atoms with Crippen LogP contribution in [0.15, 0.2) is 30.3 Å². The Morgan fingerprint density at radius 3 is 2.65 bits per heavy atom. The van der Waals surface area contributed by atoms with E-state index in [1.54, 1.807) is 6.92 Å². The number of ether oxygens (including phenoxy) is 2. The molecule has 4 nitrogen and oxygen atoms in total. The van der Waals surface area contributed by atoms with Crippen molar-refractivity contribution in [3.8, 4) is 0 Å². The summed E-state index contributed by atoms with van der Waals surface area (Å²) in [6, 6.07) is 9.71. The summed E-state index contributed by atoms with van der Waals surface area (Å²) in [7, 11) is 0. The number of hydrogen-bond acceptors (Lipinski definition) is 4. The second-order valence-corrected chi connectivity index (χ2v) is 4.38. The lowest BCUT2D eigenvalue weighted by atomic mass is 10.0. The Morgan fingerprint density at radius 2 is 1.94 bits per heavy atom. The van der Waals surface area contributed by atoms with Gasteiger partial charge in [-0.05, 0) is 12.5 Å². The van der Waals surface area contributed by atoms with Crippen molar-refractivity contribution in [3.05, 3.63) is 35.9 Å². The highest BCUT2D eigenvalue weighted by atomic mass is 16.7. The van der Waals surface area contributed by atoms with Gasteiger partial charge in [0.2, 0.25) is 0 Å². The Bertz CT molecular complexity index is 341. The molecular weight excluding hydrogens is 220 g/mol. The maximum absolute atomic E-state index is 9.73. The molecule has 1 aliphatic rings. The van der Waals surface area contributed by atoms with Crippen molar-refractivity contribution in [2.24, 2.45) is 0 Å². The number of aliphatic hydroxyl groups is 2. The van der Waals surface area contributed by atoms with Crippen molar-refractivity contribution >= 4 is 0 Å². The molecule has 1 aromatic rings. The van der Waals surface area contributed by atoms with Crippen molar-refractivity contribution in [1.82, 2.24) is 0 Å². The quantitative estimate of drug-likeness (QED) is 0.826. The minimum atomic E-state index is -0.773. The van der Waals surface area contributed by atoms with Crippen LogP contribution < -0.4 is 0 Å². The molecule has 1 fully saturated rings. The molecule has 0 unspecified atom stereocenters. The number of benzene rings is 1. The van der Waals surface area contributed by atoms with Crippen molar-refractivity contribution < 1.29 is 19.7 Å². The molecule has 2 N–H and O–H groups in total. The van der Waals surface area contributed by atoms with Crippen LogP contribution in [0.3, 0.4) is 0 Å². The van der Waals surface area contributed by atoms with Crippen LogP contribution in [0.5, 0.6) is 0 Å². The van der Waals surface area contributed by atoms with Crippen LogP contribution in [-0.2, 0) is 16.1 Å². The number of rotatable bonds is 3. The minimum absolute atomic E-state index is 0.292. The second-order valence-electron chi connectivity index (χ2n) is 4.38. The summed E-state index contributed by atoms with van der Waals surface area (Å²) < 4.78 is 10.9. The average molecular weight is 238 g/mol. The Hall–Kier alpha value is -0.940. The lowest BCUT2D eigenvalue weighted by Crippen LogP contribution is -2.47. The topological polar surface area (TPSA) is 58.9 Å². The second kappa shape index (κ2) is 5.60. The van der Waals surface area contributed by atoms with E-state index in [-0.39, 0.29) is 6.10 Å². The van der Waals surface area contributed by atoms with Gasteiger partial charge in [0.25, 0.3) is 0 Å². The zero-order chi connectivity index (χ0) is 12.3. The van der Waals surface area contributed by atoms with E-state index < -0.39 is 18.5 Å². The highest BCUT2D eigenvalue weighted by molar-refractivity contribution is 5.13. The number of aliphatic hydroxyl groups excluding tert-OH is 2. The van der Waals surface area contributed by atoms with Crippen LogP contribution >= 0.6 is 0 Å². The summed E-state index contributed by atoms with van der Waals surface area (Å²) in [4.78, 5) is 0. The predicted molar refractivity (Wildman–Crippen MR) is 62.2 cm³/mol. The standard InChI is InChI=1S/C13H18O4/c1-9-11(14)7-12(15)13(17-9)16-8-10-5-3-2-4-6-10/h2-6,9,11-15H,7-8H2,1H3/t9-,11+,12+,13+/m0/s1. The largest absolute Gasteiger partial charge is 0.390 e. The van der Waals surface area contributed by atoms with Gasteiger partial charge in [0.1, 0.15) is 6.10 Å². The lowest BCUT2D eigenvalue weighted by molar-refractivity contribution is -0.264. The zero-order valence-corrected chi connectivity index (χ0v) is 9.82. The van der Waals surface area contributed by atoms with E-state index in [1.165, 1.54) is 0 Å². The third-order valence-electron chi connectivity index (χ3n) is 2.94. The van der Waals surface area contributed by atoms with Gasteiger partial charge >= 0.3 is 0 Å². The highest BCUT2D eigenvalue weighted by Crippen LogP contribution is 2.21. The molecule has 0 aromatic heterocycles. The molecule has 4 atom stereocenters. The predicted octanol–water partition coefficient (Wildman–Crippen LogP) is 1.06. The molecule has 0 amide bonds. The smallest absolute Gasteiger partial charge is 0.184 e. The van der Waals surface area contributed by atoms with Crippen LogP contribution in [0.2, 0.25) is 0 Å². The molecular formula is C13H18O4. The van der Waals surface area contributed by atoms with Crippen LogP contribution in [0.4, 0.5) is 0 Å². The van der Waals surface area contributed by atoms with Gasteiger partial charge in [0.05, 0.1) is 18.8 Å². The van der Waals surface area contributed by atoms with E-state index in [9.17, 15) is 10.2 Å². The fourth-order valence-corrected chi connectivity index (χ4v) is 1.85. The molecule has 0 radical (unpaired) electrons. The summed E-state index contributed by atoms with van der Waals surface area (Å²) in [5.74, 6) is 0. The molecule has 1 aromatic carbocycles. The molecule has 1 heterocycles. The van der Waals surface area contributed by atoms with Crippen LogP contribution in [-0.4, -0.2) is 34.8 Å². The molecule has 0 spiro atoms. The molecule has 17 heavy (non-hydrogen) atoms. The molecule has 2 rings (SSSR count). The summed E-state index contributed by atoms with van der Waals surface area (Å²) in [6.07, 6.45) is -2.07. The van der Waals surface area contributed by atoms with Gasteiger partial charge in [0, 0.05) is 6.42 Å². The van der Waals surface area contributed by atoms with E-state index in [0.29, 0.717) is 13.0 Å². The zero-order valence-electron chi connectivity index (χ0n) is 9.82. The minimum Gasteiger partial charge on any atom is -0.390 e. The maximum atomic E-state index is 9.73. The monoisotopic (exact) mass is 238 g/mol. The molecule has 4 heteroatoms. The molecule has 0 bridgehead atoms. The van der Waals surface area contributed by atoms with Crippen LogP contribution in [0, 0.1) is 0 Å². The Kier molecular flexibility index (Phi) is 4.12. The maximum Gasteiger partial charge on any atom is 0.184 e. The third kappa shape index (κ3) is 3.26. The van der Waals surface area contributed by atoms with Gasteiger partial charge in [-0.3, -0.25) is 0 Å². The van der Waals surface area contributed by atoms with Crippen LogP contribution in [0.25, 0.3) is 0 Å². The van der Waals surface area contributed by atoms with Crippen LogP contribution in [0.1, 0.15) is 18.9 Å². The fourth-order valence-electron chi connectivity index (χ4n) is 1.85. The molecule has 0 saturated carbocycles. The third-order valence-corrected chi connectivity index (χ3v) is 2.94. The van der Waals surface area contributed by atoms with Crippen molar-refractivity contribution in [2.75, 3.05) is 0 Å². The summed E-state index contributed by atoms with van der Waals surface area (Å²) in [5.41, 5.74) is 1.03. The van der Waals surface area contributed by atoms with Crippen molar-refractivity contribution in [1.29, 1.82) is 0 Å². The molecule has 0 aliphatic carbocycles. The normalized spacial score (nSPS) is 33.6. The molecule has 1 aliphatic heterocycles. The SMILES string of the molecule is C[C@@H]1O[C@@H](OCc2ccccc2)[C@H](O)C[C@H]1O. The number of hydrogen-bond donors (Lipinski definition) is 2. The fraction of sp³-hybridized carbons (Fsp3) is 0.538. The Morgan fingerprint density at radius 1 is 1.24 bits per heavy atom. The summed E-state index contributed by atoms with van der Waals surface area (Å²) in [6.45, 7) is 2.17. The summed E-state index contributed by atoms with van der Waals surface area (Å²) in [5, 5.41) is 19.2. The summed E-state index contributed by atoms with van der Waals surface area (Å²) >= 11 is 0.